The van der Waals surface area contributed by atoms with Gasteiger partial charge in [-0.2, -0.15) is 0 Å². The van der Waals surface area contributed by atoms with Gasteiger partial charge in [0.15, 0.2) is 14.9 Å². The summed E-state index contributed by atoms with van der Waals surface area (Å²) in [5.74, 6) is 0.829. The topological polar surface area (TPSA) is 56.3 Å². The molecule has 2 aliphatic rings. The van der Waals surface area contributed by atoms with E-state index in [0.717, 1.165) is 35.3 Å². The zero-order chi connectivity index (χ0) is 18.4. The number of benzene rings is 1. The highest BCUT2D eigenvalue weighted by Crippen LogP contribution is 2.53. The van der Waals surface area contributed by atoms with Crippen molar-refractivity contribution in [3.8, 4) is 5.75 Å². The van der Waals surface area contributed by atoms with E-state index in [4.69, 9.17) is 4.74 Å². The number of hydrogen-bond donors (Lipinski definition) is 0. The molecule has 2 aromatic rings. The molecule has 1 aromatic carbocycles. The summed E-state index contributed by atoms with van der Waals surface area (Å²) in [6.45, 7) is 0. The summed E-state index contributed by atoms with van der Waals surface area (Å²) < 4.78 is 28.6. The molecule has 4 nitrogen and oxygen atoms in total. The molecule has 1 aromatic heterocycles. The van der Waals surface area contributed by atoms with E-state index in [-0.39, 0.29) is 10.4 Å². The quantitative estimate of drug-likeness (QED) is 0.815. The Kier molecular flexibility index (Phi) is 3.99. The molecule has 1 fully saturated rings. The molecule has 0 unspecified atom stereocenters. The molecule has 1 spiro atoms. The lowest BCUT2D eigenvalue weighted by molar-refractivity contribution is 0.282. The van der Waals surface area contributed by atoms with Crippen LogP contribution in [0.3, 0.4) is 0 Å². The molecule has 0 atom stereocenters. The molecular weight excluding hydrogens is 346 g/mol. The van der Waals surface area contributed by atoms with Crippen molar-refractivity contribution in [1.29, 1.82) is 0 Å². The summed E-state index contributed by atoms with van der Waals surface area (Å²) in [6.07, 6.45) is 11.1. The Morgan fingerprint density at radius 3 is 2.04 bits per heavy atom. The average Bonchev–Trinajstić information content (AvgIpc) is 3.03. The number of aromatic nitrogens is 1. The van der Waals surface area contributed by atoms with Gasteiger partial charge in [0.25, 0.3) is 0 Å². The lowest BCUT2D eigenvalue weighted by Crippen LogP contribution is -2.22. The fraction of sp³-hybridized carbons (Fsp3) is 0.286. The van der Waals surface area contributed by atoms with E-state index in [2.05, 4.69) is 29.3 Å². The van der Waals surface area contributed by atoms with E-state index < -0.39 is 9.84 Å². The molecule has 0 bridgehead atoms. The average molecular weight is 367 g/mol. The molecule has 134 valence electrons. The molecule has 0 aliphatic heterocycles. The second kappa shape index (κ2) is 6.09. The lowest BCUT2D eigenvalue weighted by Gasteiger charge is -2.34. The second-order valence-corrected chi connectivity index (χ2v) is 9.05. The first-order chi connectivity index (χ1) is 12.4. The molecule has 0 amide bonds. The molecule has 1 heterocycles. The summed E-state index contributed by atoms with van der Waals surface area (Å²) in [7, 11) is -1.63. The van der Waals surface area contributed by atoms with Gasteiger partial charge >= 0.3 is 0 Å². The van der Waals surface area contributed by atoms with Gasteiger partial charge in [-0.1, -0.05) is 30.7 Å². The molecule has 5 heteroatoms. The van der Waals surface area contributed by atoms with Crippen LogP contribution < -0.4 is 4.74 Å². The van der Waals surface area contributed by atoms with Crippen LogP contribution in [0.1, 0.15) is 30.4 Å². The summed E-state index contributed by atoms with van der Waals surface area (Å²) in [5, 5.41) is 0.105. The number of sulfone groups is 1. The minimum Gasteiger partial charge on any atom is -0.497 e. The SMILES string of the molecule is COc1ccc(C2=CC3(C=C2c2ccc(S(C)(=O)=O)nc2)CCC3)cc1. The van der Waals surface area contributed by atoms with Crippen LogP contribution in [0.25, 0.3) is 11.1 Å². The van der Waals surface area contributed by atoms with E-state index in [1.165, 1.54) is 18.2 Å². The highest BCUT2D eigenvalue weighted by atomic mass is 32.2. The van der Waals surface area contributed by atoms with Crippen LogP contribution in [-0.4, -0.2) is 26.8 Å². The van der Waals surface area contributed by atoms with Crippen LogP contribution in [0, 0.1) is 5.41 Å². The Morgan fingerprint density at radius 1 is 0.962 bits per heavy atom. The number of pyridine rings is 1. The zero-order valence-electron chi connectivity index (χ0n) is 14.9. The molecule has 0 N–H and O–H groups in total. The van der Waals surface area contributed by atoms with Gasteiger partial charge in [-0.15, -0.1) is 0 Å². The van der Waals surface area contributed by atoms with Crippen LogP contribution >= 0.6 is 0 Å². The smallest absolute Gasteiger partial charge is 0.192 e. The maximum absolute atomic E-state index is 11.7. The number of nitrogens with zero attached hydrogens (tertiary/aromatic N) is 1. The highest BCUT2D eigenvalue weighted by molar-refractivity contribution is 7.90. The van der Waals surface area contributed by atoms with Crippen molar-refractivity contribution < 1.29 is 13.2 Å². The highest BCUT2D eigenvalue weighted by Gasteiger charge is 2.38. The van der Waals surface area contributed by atoms with Gasteiger partial charge in [-0.3, -0.25) is 0 Å². The second-order valence-electron chi connectivity index (χ2n) is 7.09. The first kappa shape index (κ1) is 17.0. The number of hydrogen-bond acceptors (Lipinski definition) is 4. The first-order valence-corrected chi connectivity index (χ1v) is 10.6. The van der Waals surface area contributed by atoms with Crippen LogP contribution in [0.5, 0.6) is 5.75 Å². The van der Waals surface area contributed by atoms with E-state index in [1.807, 2.05) is 18.2 Å². The van der Waals surface area contributed by atoms with Gasteiger partial charge in [0, 0.05) is 23.4 Å². The lowest BCUT2D eigenvalue weighted by atomic mass is 9.70. The largest absolute Gasteiger partial charge is 0.497 e. The van der Waals surface area contributed by atoms with Gasteiger partial charge < -0.3 is 4.74 Å². The van der Waals surface area contributed by atoms with E-state index in [0.29, 0.717) is 0 Å². The van der Waals surface area contributed by atoms with E-state index in [1.54, 1.807) is 19.4 Å². The van der Waals surface area contributed by atoms with E-state index >= 15 is 0 Å². The molecule has 1 saturated carbocycles. The van der Waals surface area contributed by atoms with Crippen molar-refractivity contribution in [3.05, 3.63) is 65.9 Å². The first-order valence-electron chi connectivity index (χ1n) is 8.67. The van der Waals surface area contributed by atoms with Gasteiger partial charge in [0.1, 0.15) is 5.75 Å². The van der Waals surface area contributed by atoms with Crippen LogP contribution in [0.2, 0.25) is 0 Å². The third-order valence-electron chi connectivity index (χ3n) is 5.27. The van der Waals surface area contributed by atoms with Gasteiger partial charge in [-0.25, -0.2) is 13.4 Å². The van der Waals surface area contributed by atoms with Crippen molar-refractivity contribution in [1.82, 2.24) is 4.98 Å². The zero-order valence-corrected chi connectivity index (χ0v) is 15.7. The Balaban J connectivity index is 1.75. The van der Waals surface area contributed by atoms with Gasteiger partial charge in [0.05, 0.1) is 7.11 Å². The molecule has 26 heavy (non-hydrogen) atoms. The van der Waals surface area contributed by atoms with Gasteiger partial charge in [0.2, 0.25) is 0 Å². The van der Waals surface area contributed by atoms with Crippen molar-refractivity contribution in [2.45, 2.75) is 24.3 Å². The monoisotopic (exact) mass is 367 g/mol. The van der Waals surface area contributed by atoms with Crippen LogP contribution in [-0.2, 0) is 9.84 Å². The fourth-order valence-corrected chi connectivity index (χ4v) is 4.21. The van der Waals surface area contributed by atoms with Crippen molar-refractivity contribution in [3.63, 3.8) is 0 Å². The molecular formula is C21H21NO3S. The Hall–Kier alpha value is -2.40. The Bertz CT molecular complexity index is 996. The van der Waals surface area contributed by atoms with Gasteiger partial charge in [-0.05, 0) is 53.8 Å². The van der Waals surface area contributed by atoms with E-state index in [9.17, 15) is 8.42 Å². The summed E-state index contributed by atoms with van der Waals surface area (Å²) in [6, 6.07) is 11.5. The molecule has 0 radical (unpaired) electrons. The third kappa shape index (κ3) is 2.97. The minimum atomic E-state index is -3.29. The Labute approximate surface area is 154 Å². The maximum atomic E-state index is 11.7. The number of methoxy groups -OCH3 is 1. The van der Waals surface area contributed by atoms with Crippen molar-refractivity contribution in [2.24, 2.45) is 5.41 Å². The fourth-order valence-electron chi connectivity index (χ4n) is 3.65. The molecule has 2 aliphatic carbocycles. The standard InChI is InChI=1S/C21H21NO3S/c1-25-17-7-4-15(5-8-17)18-12-21(10-3-11-21)13-19(18)16-6-9-20(22-14-16)26(2,23)24/h4-9,12-14H,3,10-11H2,1-2H3. The summed E-state index contributed by atoms with van der Waals surface area (Å²) in [4.78, 5) is 4.17. The van der Waals surface area contributed by atoms with Crippen molar-refractivity contribution >= 4 is 21.0 Å². The van der Waals surface area contributed by atoms with Crippen LogP contribution in [0.15, 0.2) is 59.8 Å². The normalized spacial score (nSPS) is 18.2. The minimum absolute atomic E-state index is 0.105. The molecule has 4 rings (SSSR count). The Morgan fingerprint density at radius 2 is 1.58 bits per heavy atom. The molecule has 0 saturated heterocycles. The number of rotatable bonds is 4. The predicted octanol–water partition coefficient (Wildman–Crippen LogP) is 4.14. The van der Waals surface area contributed by atoms with Crippen molar-refractivity contribution in [2.75, 3.05) is 13.4 Å². The predicted molar refractivity (Wildman–Crippen MR) is 103 cm³/mol. The number of ether oxygens (including phenoxy) is 1. The third-order valence-corrected chi connectivity index (χ3v) is 6.27. The summed E-state index contributed by atoms with van der Waals surface area (Å²) in [5.41, 5.74) is 4.53. The maximum Gasteiger partial charge on any atom is 0.192 e. The van der Waals surface area contributed by atoms with Crippen LogP contribution in [0.4, 0.5) is 0 Å². The number of allylic oxidation sites excluding steroid dienone is 4. The summed E-state index contributed by atoms with van der Waals surface area (Å²) >= 11 is 0.